The topological polar surface area (TPSA) is 36.1 Å². The summed E-state index contributed by atoms with van der Waals surface area (Å²) in [7, 11) is 0. The lowest BCUT2D eigenvalue weighted by Crippen LogP contribution is -1.94. The van der Waals surface area contributed by atoms with Gasteiger partial charge in [0.1, 0.15) is 22.3 Å². The number of benzene rings is 7. The molecule has 0 aliphatic carbocycles. The Kier molecular flexibility index (Phi) is 4.55. The molecule has 0 spiro atoms. The summed E-state index contributed by atoms with van der Waals surface area (Å²) in [6.45, 7) is 0. The Hall–Kier alpha value is -6.26. The van der Waals surface area contributed by atoms with Crippen LogP contribution >= 0.6 is 0 Å². The monoisotopic (exact) mass is 588 g/mol. The third-order valence-corrected chi connectivity index (χ3v) is 9.71. The number of rotatable bonds is 2. The van der Waals surface area contributed by atoms with Gasteiger partial charge in [0, 0.05) is 54.5 Å². The summed E-state index contributed by atoms with van der Waals surface area (Å²) in [6, 6.07) is 51.8. The summed E-state index contributed by atoms with van der Waals surface area (Å²) < 4.78 is 17.2. The predicted octanol–water partition coefficient (Wildman–Crippen LogP) is 11.7. The maximum Gasteiger partial charge on any atom is 0.135 e. The third kappa shape index (κ3) is 3.07. The quantitative estimate of drug-likeness (QED) is 0.201. The van der Waals surface area contributed by atoms with Crippen LogP contribution in [0.3, 0.4) is 0 Å². The first kappa shape index (κ1) is 24.1. The second kappa shape index (κ2) is 8.68. The zero-order valence-electron chi connectivity index (χ0n) is 24.6. The SMILES string of the molecule is c1ccc2c(c1)oc1ccc(-n3c4ccccc4c4c5c6ccccc6n(-c6ccc7oc8ccccc8c7c6)c5ccc43)cc12. The average Bonchev–Trinajstić information content (AvgIpc) is 3.85. The fourth-order valence-corrected chi connectivity index (χ4v) is 7.78. The number of para-hydroxylation sites is 4. The average molecular weight is 589 g/mol. The molecule has 0 bridgehead atoms. The van der Waals surface area contributed by atoms with Crippen molar-refractivity contribution >= 4 is 87.5 Å². The molecular formula is C42H24N2O2. The molecule has 0 saturated heterocycles. The molecule has 4 heterocycles. The fraction of sp³-hybridized carbons (Fsp3) is 0. The minimum absolute atomic E-state index is 0.901. The van der Waals surface area contributed by atoms with E-state index in [1.807, 2.05) is 24.3 Å². The minimum atomic E-state index is 0.901. The maximum atomic E-state index is 6.18. The first-order valence-electron chi connectivity index (χ1n) is 15.6. The number of fused-ring (bicyclic) bond motifs is 13. The molecule has 0 atom stereocenters. The lowest BCUT2D eigenvalue weighted by Gasteiger charge is -2.10. The van der Waals surface area contributed by atoms with Crippen molar-refractivity contribution in [3.8, 4) is 11.4 Å². The van der Waals surface area contributed by atoms with Crippen LogP contribution in [0.2, 0.25) is 0 Å². The van der Waals surface area contributed by atoms with Gasteiger partial charge < -0.3 is 18.0 Å². The summed E-state index contributed by atoms with van der Waals surface area (Å²) in [5.41, 5.74) is 10.6. The molecule has 46 heavy (non-hydrogen) atoms. The molecule has 4 nitrogen and oxygen atoms in total. The zero-order valence-corrected chi connectivity index (χ0v) is 24.6. The van der Waals surface area contributed by atoms with Crippen LogP contribution in [-0.2, 0) is 0 Å². The Morgan fingerprint density at radius 1 is 0.304 bits per heavy atom. The molecule has 214 valence electrons. The molecule has 11 aromatic rings. The Morgan fingerprint density at radius 2 is 0.696 bits per heavy atom. The Balaban J connectivity index is 1.25. The van der Waals surface area contributed by atoms with Crippen molar-refractivity contribution < 1.29 is 8.83 Å². The molecular weight excluding hydrogens is 564 g/mol. The van der Waals surface area contributed by atoms with E-state index in [1.54, 1.807) is 0 Å². The molecule has 4 aromatic heterocycles. The molecule has 0 amide bonds. The van der Waals surface area contributed by atoms with Gasteiger partial charge in [-0.25, -0.2) is 0 Å². The van der Waals surface area contributed by atoms with Crippen LogP contribution in [0.1, 0.15) is 0 Å². The van der Waals surface area contributed by atoms with Crippen LogP contribution < -0.4 is 0 Å². The zero-order chi connectivity index (χ0) is 29.9. The smallest absolute Gasteiger partial charge is 0.135 e. The molecule has 0 unspecified atom stereocenters. The third-order valence-electron chi connectivity index (χ3n) is 9.71. The molecule has 11 rings (SSSR count). The van der Waals surface area contributed by atoms with Crippen LogP contribution in [-0.4, -0.2) is 9.13 Å². The molecule has 0 aliphatic rings. The lowest BCUT2D eigenvalue weighted by atomic mass is 10.1. The van der Waals surface area contributed by atoms with Gasteiger partial charge in [0.2, 0.25) is 0 Å². The molecule has 7 aromatic carbocycles. The molecule has 0 radical (unpaired) electrons. The number of hydrogen-bond donors (Lipinski definition) is 0. The molecule has 0 fully saturated rings. The van der Waals surface area contributed by atoms with Crippen LogP contribution in [0.25, 0.3) is 98.9 Å². The van der Waals surface area contributed by atoms with E-state index in [0.29, 0.717) is 0 Å². The second-order valence-electron chi connectivity index (χ2n) is 12.1. The van der Waals surface area contributed by atoms with E-state index in [0.717, 1.165) is 55.3 Å². The van der Waals surface area contributed by atoms with Crippen LogP contribution in [0.4, 0.5) is 0 Å². The Morgan fingerprint density at radius 3 is 1.17 bits per heavy atom. The molecule has 4 heteroatoms. The van der Waals surface area contributed by atoms with Crippen molar-refractivity contribution in [2.45, 2.75) is 0 Å². The van der Waals surface area contributed by atoms with E-state index in [1.165, 1.54) is 43.6 Å². The highest BCUT2D eigenvalue weighted by Crippen LogP contribution is 2.43. The predicted molar refractivity (Wildman–Crippen MR) is 190 cm³/mol. The summed E-state index contributed by atoms with van der Waals surface area (Å²) in [6.07, 6.45) is 0. The highest BCUT2D eigenvalue weighted by molar-refractivity contribution is 6.29. The van der Waals surface area contributed by atoms with E-state index in [2.05, 4.69) is 130 Å². The number of nitrogens with zero attached hydrogens (tertiary/aromatic N) is 2. The molecule has 0 aliphatic heterocycles. The van der Waals surface area contributed by atoms with Crippen LogP contribution in [0.15, 0.2) is 154 Å². The van der Waals surface area contributed by atoms with Crippen molar-refractivity contribution in [3.05, 3.63) is 146 Å². The van der Waals surface area contributed by atoms with Crippen molar-refractivity contribution in [1.82, 2.24) is 9.13 Å². The van der Waals surface area contributed by atoms with Gasteiger partial charge >= 0.3 is 0 Å². The van der Waals surface area contributed by atoms with E-state index >= 15 is 0 Å². The Labute approximate surface area is 261 Å². The van der Waals surface area contributed by atoms with Crippen molar-refractivity contribution in [2.24, 2.45) is 0 Å². The highest BCUT2D eigenvalue weighted by atomic mass is 16.3. The lowest BCUT2D eigenvalue weighted by molar-refractivity contribution is 0.668. The van der Waals surface area contributed by atoms with E-state index in [4.69, 9.17) is 8.83 Å². The number of hydrogen-bond acceptors (Lipinski definition) is 2. The van der Waals surface area contributed by atoms with Gasteiger partial charge in [-0.3, -0.25) is 0 Å². The summed E-state index contributed by atoms with van der Waals surface area (Å²) >= 11 is 0. The van der Waals surface area contributed by atoms with E-state index in [-0.39, 0.29) is 0 Å². The van der Waals surface area contributed by atoms with Crippen molar-refractivity contribution in [1.29, 1.82) is 0 Å². The van der Waals surface area contributed by atoms with Crippen molar-refractivity contribution in [2.75, 3.05) is 0 Å². The minimum Gasteiger partial charge on any atom is -0.456 e. The standard InChI is InChI=1S/C42H24N2O2/c1-5-13-33-29(11-1)41-35(43(33)25-17-21-39-31(23-25)27-9-3-7-15-37(27)45-39)19-20-36-42(41)30-12-2-6-14-34(30)44(36)26-18-22-40-32(24-26)28-10-4-8-16-38(28)46-40/h1-24H. The van der Waals surface area contributed by atoms with Gasteiger partial charge in [0.15, 0.2) is 0 Å². The normalized spacial score (nSPS) is 12.3. The fourth-order valence-electron chi connectivity index (χ4n) is 7.78. The number of furan rings is 2. The summed E-state index contributed by atoms with van der Waals surface area (Å²) in [5.74, 6) is 0. The summed E-state index contributed by atoms with van der Waals surface area (Å²) in [5, 5.41) is 9.50. The van der Waals surface area contributed by atoms with E-state index < -0.39 is 0 Å². The highest BCUT2D eigenvalue weighted by Gasteiger charge is 2.21. The van der Waals surface area contributed by atoms with Gasteiger partial charge in [-0.05, 0) is 72.8 Å². The van der Waals surface area contributed by atoms with Gasteiger partial charge in [-0.1, -0.05) is 72.8 Å². The first-order chi connectivity index (χ1) is 22.8. The summed E-state index contributed by atoms with van der Waals surface area (Å²) in [4.78, 5) is 0. The largest absolute Gasteiger partial charge is 0.456 e. The van der Waals surface area contributed by atoms with Gasteiger partial charge in [0.25, 0.3) is 0 Å². The first-order valence-corrected chi connectivity index (χ1v) is 15.6. The number of aromatic nitrogens is 2. The molecule has 0 saturated carbocycles. The van der Waals surface area contributed by atoms with Gasteiger partial charge in [-0.15, -0.1) is 0 Å². The van der Waals surface area contributed by atoms with E-state index in [9.17, 15) is 0 Å². The molecule has 0 N–H and O–H groups in total. The second-order valence-corrected chi connectivity index (χ2v) is 12.1. The van der Waals surface area contributed by atoms with Gasteiger partial charge in [0.05, 0.1) is 22.1 Å². The van der Waals surface area contributed by atoms with Crippen LogP contribution in [0, 0.1) is 0 Å². The van der Waals surface area contributed by atoms with Crippen LogP contribution in [0.5, 0.6) is 0 Å². The van der Waals surface area contributed by atoms with Gasteiger partial charge in [-0.2, -0.15) is 0 Å². The van der Waals surface area contributed by atoms with Crippen molar-refractivity contribution in [3.63, 3.8) is 0 Å². The maximum absolute atomic E-state index is 6.18. The Bertz CT molecular complexity index is 2830.